The van der Waals surface area contributed by atoms with Crippen molar-refractivity contribution in [1.29, 1.82) is 0 Å². The molecule has 0 aromatic heterocycles. The summed E-state index contributed by atoms with van der Waals surface area (Å²) in [4.78, 5) is 24.5. The highest BCUT2D eigenvalue weighted by molar-refractivity contribution is 5.97. The average molecular weight is 384 g/mol. The van der Waals surface area contributed by atoms with Crippen LogP contribution in [0.5, 0.6) is 11.5 Å². The van der Waals surface area contributed by atoms with Gasteiger partial charge in [0.2, 0.25) is 5.91 Å². The minimum absolute atomic E-state index is 0.0905. The van der Waals surface area contributed by atoms with Gasteiger partial charge in [-0.3, -0.25) is 9.59 Å². The van der Waals surface area contributed by atoms with Gasteiger partial charge in [0.1, 0.15) is 0 Å². The summed E-state index contributed by atoms with van der Waals surface area (Å²) in [5.74, 6) is 1.02. The summed E-state index contributed by atoms with van der Waals surface area (Å²) in [6.07, 6.45) is 0. The fourth-order valence-corrected chi connectivity index (χ4v) is 2.97. The van der Waals surface area contributed by atoms with Gasteiger partial charge in [-0.15, -0.1) is 0 Å². The van der Waals surface area contributed by atoms with E-state index in [0.717, 1.165) is 0 Å². The molecule has 0 spiro atoms. The zero-order valence-corrected chi connectivity index (χ0v) is 16.8. The fraction of sp³-hybridized carbons (Fsp3) is 0.364. The van der Waals surface area contributed by atoms with E-state index in [1.54, 1.807) is 18.2 Å². The number of hydrogen-bond acceptors (Lipinski definition) is 4. The van der Waals surface area contributed by atoms with Crippen LogP contribution in [0.3, 0.4) is 0 Å². The number of carbonyl (C=O) groups is 2. The van der Waals surface area contributed by atoms with Crippen LogP contribution in [0.25, 0.3) is 0 Å². The molecule has 2 rings (SSSR count). The number of nitrogens with one attached hydrogen (secondary N) is 2. The molecule has 6 nitrogen and oxygen atoms in total. The van der Waals surface area contributed by atoms with Crippen molar-refractivity contribution in [3.63, 3.8) is 0 Å². The highest BCUT2D eigenvalue weighted by Gasteiger charge is 2.17. The van der Waals surface area contributed by atoms with Crippen LogP contribution in [0.15, 0.2) is 48.5 Å². The Labute approximate surface area is 166 Å². The molecule has 1 atom stereocenters. The number of hydrogen-bond donors (Lipinski definition) is 2. The van der Waals surface area contributed by atoms with Crippen LogP contribution in [0.4, 0.5) is 0 Å². The van der Waals surface area contributed by atoms with Crippen molar-refractivity contribution in [2.75, 3.05) is 27.3 Å². The Bertz CT molecular complexity index is 790. The highest BCUT2D eigenvalue weighted by Crippen LogP contribution is 2.27. The highest BCUT2D eigenvalue weighted by atomic mass is 16.5. The van der Waals surface area contributed by atoms with Gasteiger partial charge in [0.05, 0.1) is 20.8 Å². The maximum absolute atomic E-state index is 12.3. The third kappa shape index (κ3) is 5.74. The van der Waals surface area contributed by atoms with E-state index in [1.165, 1.54) is 19.8 Å². The normalized spacial score (nSPS) is 11.6. The second kappa shape index (κ2) is 10.3. The van der Waals surface area contributed by atoms with Crippen LogP contribution in [0, 0.1) is 5.92 Å². The van der Waals surface area contributed by atoms with Crippen molar-refractivity contribution < 1.29 is 19.1 Å². The van der Waals surface area contributed by atoms with Crippen molar-refractivity contribution >= 4 is 11.8 Å². The summed E-state index contributed by atoms with van der Waals surface area (Å²) >= 11 is 0. The number of benzene rings is 2. The molecule has 0 saturated heterocycles. The van der Waals surface area contributed by atoms with E-state index in [1.807, 2.05) is 18.2 Å². The van der Waals surface area contributed by atoms with E-state index < -0.39 is 0 Å². The molecule has 0 aliphatic heterocycles. The topological polar surface area (TPSA) is 76.7 Å². The van der Waals surface area contributed by atoms with E-state index >= 15 is 0 Å². The SMILES string of the molecule is COc1ccc(C(=O)NCC(=O)NCC(c2ccccc2)C(C)C)cc1OC. The van der Waals surface area contributed by atoms with Crippen LogP contribution in [0.1, 0.15) is 35.7 Å². The van der Waals surface area contributed by atoms with Gasteiger partial charge in [-0.1, -0.05) is 44.2 Å². The first-order valence-corrected chi connectivity index (χ1v) is 9.28. The van der Waals surface area contributed by atoms with Crippen LogP contribution >= 0.6 is 0 Å². The maximum atomic E-state index is 12.3. The summed E-state index contributed by atoms with van der Waals surface area (Å²) < 4.78 is 10.4. The summed E-state index contributed by atoms with van der Waals surface area (Å²) in [6.45, 7) is 4.69. The monoisotopic (exact) mass is 384 g/mol. The maximum Gasteiger partial charge on any atom is 0.251 e. The van der Waals surface area contributed by atoms with Crippen molar-refractivity contribution in [3.05, 3.63) is 59.7 Å². The second-order valence-corrected chi connectivity index (χ2v) is 6.82. The predicted molar refractivity (Wildman–Crippen MR) is 109 cm³/mol. The van der Waals surface area contributed by atoms with Gasteiger partial charge in [-0.25, -0.2) is 0 Å². The lowest BCUT2D eigenvalue weighted by Crippen LogP contribution is -2.39. The first-order chi connectivity index (χ1) is 13.5. The molecule has 1 unspecified atom stereocenters. The molecule has 0 bridgehead atoms. The van der Waals surface area contributed by atoms with Crippen molar-refractivity contribution in [3.8, 4) is 11.5 Å². The Morgan fingerprint density at radius 2 is 1.61 bits per heavy atom. The molecule has 6 heteroatoms. The molecule has 0 heterocycles. The number of ether oxygens (including phenoxy) is 2. The molecule has 0 radical (unpaired) electrons. The third-order valence-electron chi connectivity index (χ3n) is 4.61. The van der Waals surface area contributed by atoms with Crippen LogP contribution < -0.4 is 20.1 Å². The van der Waals surface area contributed by atoms with Gasteiger partial charge in [0.15, 0.2) is 11.5 Å². The Hall–Kier alpha value is -3.02. The quantitative estimate of drug-likeness (QED) is 0.697. The van der Waals surface area contributed by atoms with Gasteiger partial charge in [-0.05, 0) is 29.7 Å². The smallest absolute Gasteiger partial charge is 0.251 e. The molecule has 2 amide bonds. The molecular formula is C22H28N2O4. The zero-order valence-electron chi connectivity index (χ0n) is 16.8. The average Bonchev–Trinajstić information content (AvgIpc) is 2.72. The molecule has 2 aromatic rings. The lowest BCUT2D eigenvalue weighted by atomic mass is 9.88. The lowest BCUT2D eigenvalue weighted by molar-refractivity contribution is -0.120. The molecule has 0 saturated carbocycles. The summed E-state index contributed by atoms with van der Waals surface area (Å²) in [5.41, 5.74) is 1.59. The molecule has 2 N–H and O–H groups in total. The molecule has 0 aliphatic rings. The molecule has 2 aromatic carbocycles. The largest absolute Gasteiger partial charge is 0.493 e. The molecule has 0 aliphatic carbocycles. The van der Waals surface area contributed by atoms with E-state index in [9.17, 15) is 9.59 Å². The molecule has 28 heavy (non-hydrogen) atoms. The van der Waals surface area contributed by atoms with Gasteiger partial charge in [-0.2, -0.15) is 0 Å². The fourth-order valence-electron chi connectivity index (χ4n) is 2.97. The van der Waals surface area contributed by atoms with Crippen LogP contribution in [0.2, 0.25) is 0 Å². The van der Waals surface area contributed by atoms with E-state index in [-0.39, 0.29) is 24.3 Å². The standard InChI is InChI=1S/C22H28N2O4/c1-15(2)18(16-8-6-5-7-9-16)13-23-21(25)14-24-22(26)17-10-11-19(27-3)20(12-17)28-4/h5-12,15,18H,13-14H2,1-4H3,(H,23,25)(H,24,26). The van der Waals surface area contributed by atoms with Crippen molar-refractivity contribution in [1.82, 2.24) is 10.6 Å². The van der Waals surface area contributed by atoms with Gasteiger partial charge >= 0.3 is 0 Å². The molecular weight excluding hydrogens is 356 g/mol. The van der Waals surface area contributed by atoms with E-state index in [0.29, 0.717) is 29.5 Å². The lowest BCUT2D eigenvalue weighted by Gasteiger charge is -2.22. The number of methoxy groups -OCH3 is 2. The van der Waals surface area contributed by atoms with Crippen molar-refractivity contribution in [2.24, 2.45) is 5.92 Å². The minimum Gasteiger partial charge on any atom is -0.493 e. The summed E-state index contributed by atoms with van der Waals surface area (Å²) in [6, 6.07) is 15.0. The summed E-state index contributed by atoms with van der Waals surface area (Å²) in [5, 5.41) is 5.54. The Kier molecular flexibility index (Phi) is 7.87. The minimum atomic E-state index is -0.348. The Morgan fingerprint density at radius 3 is 2.21 bits per heavy atom. The first-order valence-electron chi connectivity index (χ1n) is 9.28. The van der Waals surface area contributed by atoms with Crippen LogP contribution in [-0.4, -0.2) is 39.1 Å². The second-order valence-electron chi connectivity index (χ2n) is 6.82. The van der Waals surface area contributed by atoms with Gasteiger partial charge < -0.3 is 20.1 Å². The summed E-state index contributed by atoms with van der Waals surface area (Å²) in [7, 11) is 3.03. The third-order valence-corrected chi connectivity index (χ3v) is 4.61. The van der Waals surface area contributed by atoms with E-state index in [4.69, 9.17) is 9.47 Å². The predicted octanol–water partition coefficient (Wildman–Crippen LogP) is 2.99. The van der Waals surface area contributed by atoms with Gasteiger partial charge in [0.25, 0.3) is 5.91 Å². The number of amides is 2. The number of carbonyl (C=O) groups excluding carboxylic acids is 2. The first kappa shape index (κ1) is 21.3. The van der Waals surface area contributed by atoms with Crippen LogP contribution in [-0.2, 0) is 4.79 Å². The van der Waals surface area contributed by atoms with Crippen molar-refractivity contribution in [2.45, 2.75) is 19.8 Å². The van der Waals surface area contributed by atoms with Gasteiger partial charge in [0, 0.05) is 18.0 Å². The Balaban J connectivity index is 1.88. The molecule has 150 valence electrons. The zero-order chi connectivity index (χ0) is 20.5. The molecule has 0 fully saturated rings. The Morgan fingerprint density at radius 1 is 0.929 bits per heavy atom. The number of rotatable bonds is 9. The van der Waals surface area contributed by atoms with E-state index in [2.05, 4.69) is 36.6 Å².